The minimum atomic E-state index is -3.07. The van der Waals surface area contributed by atoms with Crippen LogP contribution in [0.2, 0.25) is 0 Å². The van der Waals surface area contributed by atoms with E-state index in [0.717, 1.165) is 24.6 Å². The summed E-state index contributed by atoms with van der Waals surface area (Å²) in [6.45, 7) is 2.73. The Morgan fingerprint density at radius 3 is 2.78 bits per heavy atom. The molecule has 0 radical (unpaired) electrons. The molecule has 8 heteroatoms. The number of aromatic nitrogens is 5. The van der Waals surface area contributed by atoms with Gasteiger partial charge in [0.15, 0.2) is 5.65 Å². The largest absolute Gasteiger partial charge is 0.340 e. The van der Waals surface area contributed by atoms with Crippen LogP contribution in [0.3, 0.4) is 0 Å². The molecule has 3 heterocycles. The summed E-state index contributed by atoms with van der Waals surface area (Å²) < 4.78 is 42.5. The second-order valence-electron chi connectivity index (χ2n) is 6.22. The Morgan fingerprint density at radius 2 is 2.09 bits per heavy atom. The van der Waals surface area contributed by atoms with E-state index in [1.807, 2.05) is 6.92 Å². The monoisotopic (exact) mass is 321 g/mol. The molecule has 0 amide bonds. The number of nitrogens with zero attached hydrogens (tertiary/aromatic N) is 5. The standard InChI is InChI=1S/C15H14F3N5/c1-14(10-7-20-22(8-10)15(2,17)18)4-3-9-6-19-12-5-11(16)21-23(12)13(9)14/h5-8H,3-4H2,1-2H3. The summed E-state index contributed by atoms with van der Waals surface area (Å²) in [5.74, 6) is -0.615. The summed E-state index contributed by atoms with van der Waals surface area (Å²) in [5.41, 5.74) is 2.21. The minimum Gasteiger partial charge on any atom is -0.237 e. The molecule has 0 fully saturated rings. The lowest BCUT2D eigenvalue weighted by molar-refractivity contribution is -0.0724. The number of aryl methyl sites for hydroxylation is 1. The van der Waals surface area contributed by atoms with Crippen molar-refractivity contribution in [3.63, 3.8) is 0 Å². The molecular weight excluding hydrogens is 307 g/mol. The van der Waals surface area contributed by atoms with Crippen LogP contribution >= 0.6 is 0 Å². The van der Waals surface area contributed by atoms with Gasteiger partial charge in [0.2, 0.25) is 5.95 Å². The van der Waals surface area contributed by atoms with Crippen LogP contribution < -0.4 is 0 Å². The molecule has 0 bridgehead atoms. The number of rotatable bonds is 2. The van der Waals surface area contributed by atoms with Crippen molar-refractivity contribution in [2.45, 2.75) is 38.2 Å². The molecule has 1 aliphatic rings. The van der Waals surface area contributed by atoms with E-state index in [-0.39, 0.29) is 0 Å². The van der Waals surface area contributed by atoms with E-state index in [9.17, 15) is 13.2 Å². The maximum absolute atomic E-state index is 13.5. The van der Waals surface area contributed by atoms with Gasteiger partial charge in [-0.15, -0.1) is 5.10 Å². The van der Waals surface area contributed by atoms with Gasteiger partial charge in [0.25, 0.3) is 0 Å². The van der Waals surface area contributed by atoms with Gasteiger partial charge in [-0.05, 0) is 25.3 Å². The highest BCUT2D eigenvalue weighted by Gasteiger charge is 2.41. The highest BCUT2D eigenvalue weighted by atomic mass is 19.3. The van der Waals surface area contributed by atoms with Gasteiger partial charge in [-0.2, -0.15) is 18.3 Å². The zero-order chi connectivity index (χ0) is 16.4. The smallest absolute Gasteiger partial charge is 0.237 e. The molecule has 1 aliphatic carbocycles. The lowest BCUT2D eigenvalue weighted by atomic mass is 9.82. The molecule has 0 aromatic carbocycles. The van der Waals surface area contributed by atoms with E-state index >= 15 is 0 Å². The first kappa shape index (κ1) is 14.2. The van der Waals surface area contributed by atoms with Crippen molar-refractivity contribution in [2.75, 3.05) is 0 Å². The van der Waals surface area contributed by atoms with Gasteiger partial charge in [0.1, 0.15) is 0 Å². The fourth-order valence-electron chi connectivity index (χ4n) is 3.32. The molecule has 1 unspecified atom stereocenters. The average molecular weight is 321 g/mol. The molecule has 5 nitrogen and oxygen atoms in total. The summed E-state index contributed by atoms with van der Waals surface area (Å²) >= 11 is 0. The summed E-state index contributed by atoms with van der Waals surface area (Å²) in [4.78, 5) is 4.20. The first-order valence-electron chi connectivity index (χ1n) is 7.26. The number of alkyl halides is 2. The fourth-order valence-corrected chi connectivity index (χ4v) is 3.32. The third-order valence-electron chi connectivity index (χ3n) is 4.57. The molecule has 3 aromatic rings. The lowest BCUT2D eigenvalue weighted by Gasteiger charge is -2.24. The molecular formula is C15H14F3N5. The van der Waals surface area contributed by atoms with E-state index in [1.54, 1.807) is 6.20 Å². The van der Waals surface area contributed by atoms with Crippen molar-refractivity contribution in [2.24, 2.45) is 0 Å². The summed E-state index contributed by atoms with van der Waals surface area (Å²) in [5, 5.41) is 7.66. The third kappa shape index (κ3) is 1.97. The number of halogens is 3. The molecule has 4 rings (SSSR count). The second kappa shape index (κ2) is 4.33. The van der Waals surface area contributed by atoms with Gasteiger partial charge in [0, 0.05) is 36.4 Å². The normalized spacial score (nSPS) is 21.1. The van der Waals surface area contributed by atoms with E-state index in [4.69, 9.17) is 0 Å². The van der Waals surface area contributed by atoms with E-state index in [2.05, 4.69) is 15.2 Å². The van der Waals surface area contributed by atoms with Crippen molar-refractivity contribution < 1.29 is 13.2 Å². The number of fused-ring (bicyclic) bond motifs is 3. The highest BCUT2D eigenvalue weighted by molar-refractivity contribution is 5.48. The van der Waals surface area contributed by atoms with Gasteiger partial charge >= 0.3 is 6.05 Å². The van der Waals surface area contributed by atoms with Gasteiger partial charge in [-0.25, -0.2) is 14.2 Å². The molecule has 0 aliphatic heterocycles. The first-order valence-corrected chi connectivity index (χ1v) is 7.26. The summed E-state index contributed by atoms with van der Waals surface area (Å²) in [6.07, 6.45) is 5.92. The Labute approximate surface area is 129 Å². The van der Waals surface area contributed by atoms with Gasteiger partial charge in [-0.1, -0.05) is 0 Å². The molecule has 0 saturated heterocycles. The maximum atomic E-state index is 13.5. The Hall–Kier alpha value is -2.38. The van der Waals surface area contributed by atoms with Crippen LogP contribution in [0.15, 0.2) is 24.7 Å². The molecule has 23 heavy (non-hydrogen) atoms. The SMILES string of the molecule is CC1(c2cnn(C(C)(F)F)c2)CCc2cnc3cc(F)nn3c21. The van der Waals surface area contributed by atoms with E-state index in [0.29, 0.717) is 22.3 Å². The van der Waals surface area contributed by atoms with Crippen LogP contribution in [-0.2, 0) is 17.9 Å². The molecule has 120 valence electrons. The van der Waals surface area contributed by atoms with Crippen molar-refractivity contribution in [3.05, 3.63) is 47.4 Å². The Morgan fingerprint density at radius 1 is 1.30 bits per heavy atom. The summed E-state index contributed by atoms with van der Waals surface area (Å²) in [7, 11) is 0. The van der Waals surface area contributed by atoms with Crippen LogP contribution in [0.5, 0.6) is 0 Å². The molecule has 0 spiro atoms. The lowest BCUT2D eigenvalue weighted by Crippen LogP contribution is -2.24. The van der Waals surface area contributed by atoms with Gasteiger partial charge in [-0.3, -0.25) is 0 Å². The number of hydrogen-bond donors (Lipinski definition) is 0. The molecule has 0 N–H and O–H groups in total. The van der Waals surface area contributed by atoms with Crippen molar-refractivity contribution in [3.8, 4) is 0 Å². The second-order valence-corrected chi connectivity index (χ2v) is 6.22. The van der Waals surface area contributed by atoms with Crippen LogP contribution in [-0.4, -0.2) is 24.4 Å². The minimum absolute atomic E-state index is 0.405. The van der Waals surface area contributed by atoms with E-state index < -0.39 is 17.4 Å². The molecule has 0 saturated carbocycles. The van der Waals surface area contributed by atoms with Crippen LogP contribution in [0.4, 0.5) is 13.2 Å². The third-order valence-corrected chi connectivity index (χ3v) is 4.57. The zero-order valence-corrected chi connectivity index (χ0v) is 12.6. The van der Waals surface area contributed by atoms with Crippen molar-refractivity contribution in [1.82, 2.24) is 24.4 Å². The van der Waals surface area contributed by atoms with Crippen molar-refractivity contribution >= 4 is 5.65 Å². The highest BCUT2D eigenvalue weighted by Crippen LogP contribution is 2.43. The Bertz CT molecular complexity index is 908. The predicted molar refractivity (Wildman–Crippen MR) is 75.8 cm³/mol. The van der Waals surface area contributed by atoms with Crippen LogP contribution in [0.25, 0.3) is 5.65 Å². The van der Waals surface area contributed by atoms with E-state index in [1.165, 1.54) is 23.0 Å². The first-order chi connectivity index (χ1) is 10.8. The molecule has 1 atom stereocenters. The number of hydrogen-bond acceptors (Lipinski definition) is 3. The van der Waals surface area contributed by atoms with Crippen LogP contribution in [0, 0.1) is 5.95 Å². The maximum Gasteiger partial charge on any atom is 0.340 e. The fraction of sp³-hybridized carbons (Fsp3) is 0.400. The van der Waals surface area contributed by atoms with Crippen molar-refractivity contribution in [1.29, 1.82) is 0 Å². The zero-order valence-electron chi connectivity index (χ0n) is 12.6. The molecule has 3 aromatic heterocycles. The topological polar surface area (TPSA) is 48.0 Å². The Kier molecular flexibility index (Phi) is 2.68. The summed E-state index contributed by atoms with van der Waals surface area (Å²) in [6, 6.07) is -1.82. The average Bonchev–Trinajstić information content (AvgIpc) is 3.14. The predicted octanol–water partition coefficient (Wildman–Crippen LogP) is 2.89. The van der Waals surface area contributed by atoms with Gasteiger partial charge < -0.3 is 0 Å². The van der Waals surface area contributed by atoms with Gasteiger partial charge in [0.05, 0.1) is 11.9 Å². The quantitative estimate of drug-likeness (QED) is 0.729. The van der Waals surface area contributed by atoms with Crippen LogP contribution in [0.1, 0.15) is 37.1 Å². The Balaban J connectivity index is 1.92.